The van der Waals surface area contributed by atoms with Crippen LogP contribution in [0.15, 0.2) is 48.5 Å². The Morgan fingerprint density at radius 3 is 2.48 bits per heavy atom. The van der Waals surface area contributed by atoms with Gasteiger partial charge in [-0.3, -0.25) is 0 Å². The van der Waals surface area contributed by atoms with Gasteiger partial charge in [0.15, 0.2) is 0 Å². The number of aliphatic hydroxyl groups is 1. The second-order valence-corrected chi connectivity index (χ2v) is 5.58. The highest BCUT2D eigenvalue weighted by molar-refractivity contribution is 6.30. The van der Waals surface area contributed by atoms with Crippen molar-refractivity contribution in [2.45, 2.75) is 11.8 Å². The number of nitrogens with two attached hydrogens (primary N) is 1. The van der Waals surface area contributed by atoms with Gasteiger partial charge in [0.1, 0.15) is 5.75 Å². The molecule has 0 saturated carbocycles. The molecule has 1 unspecified atom stereocenters. The van der Waals surface area contributed by atoms with Crippen molar-refractivity contribution in [3.8, 4) is 5.75 Å². The Labute approximate surface area is 130 Å². The van der Waals surface area contributed by atoms with Crippen LogP contribution in [0.25, 0.3) is 0 Å². The van der Waals surface area contributed by atoms with E-state index in [9.17, 15) is 5.11 Å². The molecule has 1 atom stereocenters. The monoisotopic (exact) mass is 305 g/mol. The summed E-state index contributed by atoms with van der Waals surface area (Å²) in [4.78, 5) is 0. The summed E-state index contributed by atoms with van der Waals surface area (Å²) < 4.78 is 5.39. The van der Waals surface area contributed by atoms with Crippen LogP contribution >= 0.6 is 11.6 Å². The summed E-state index contributed by atoms with van der Waals surface area (Å²) >= 11 is 6.09. The minimum atomic E-state index is -0.542. The lowest BCUT2D eigenvalue weighted by molar-refractivity contribution is 0.195. The summed E-state index contributed by atoms with van der Waals surface area (Å²) in [7, 11) is 1.62. The predicted molar refractivity (Wildman–Crippen MR) is 86.0 cm³/mol. The third kappa shape index (κ3) is 3.38. The van der Waals surface area contributed by atoms with Crippen molar-refractivity contribution in [1.82, 2.24) is 0 Å². The van der Waals surface area contributed by atoms with Crippen LogP contribution in [0, 0.1) is 0 Å². The maximum Gasteiger partial charge on any atom is 0.122 e. The van der Waals surface area contributed by atoms with Crippen LogP contribution in [0.5, 0.6) is 5.75 Å². The van der Waals surface area contributed by atoms with Crippen molar-refractivity contribution in [3.63, 3.8) is 0 Å². The molecule has 0 aliphatic heterocycles. The van der Waals surface area contributed by atoms with Crippen LogP contribution in [0.3, 0.4) is 0 Å². The molecule has 3 nitrogen and oxygen atoms in total. The van der Waals surface area contributed by atoms with E-state index in [-0.39, 0.29) is 6.61 Å². The number of benzene rings is 2. The SMILES string of the molecule is COc1ccc(Cl)cc1CC(CN)(CO)c1ccccc1. The highest BCUT2D eigenvalue weighted by Crippen LogP contribution is 2.32. The molecule has 0 radical (unpaired) electrons. The third-order valence-electron chi connectivity index (χ3n) is 3.85. The Bertz CT molecular complexity index is 583. The van der Waals surface area contributed by atoms with Gasteiger partial charge in [0.25, 0.3) is 0 Å². The molecule has 2 aromatic rings. The zero-order valence-corrected chi connectivity index (χ0v) is 12.8. The summed E-state index contributed by atoms with van der Waals surface area (Å²) in [6, 6.07) is 15.3. The zero-order chi connectivity index (χ0) is 15.3. The Hall–Kier alpha value is -1.55. The van der Waals surface area contributed by atoms with E-state index in [0.29, 0.717) is 18.0 Å². The fourth-order valence-corrected chi connectivity index (χ4v) is 2.74. The molecule has 2 aromatic carbocycles. The standard InChI is InChI=1S/C17H20ClNO2/c1-21-16-8-7-15(18)9-13(16)10-17(11-19,12-20)14-5-3-2-4-6-14/h2-9,20H,10-12,19H2,1H3. The first-order chi connectivity index (χ1) is 10.1. The van der Waals surface area contributed by atoms with E-state index in [1.54, 1.807) is 13.2 Å². The van der Waals surface area contributed by atoms with E-state index < -0.39 is 5.41 Å². The molecule has 21 heavy (non-hydrogen) atoms. The Kier molecular flexibility index (Phi) is 5.23. The van der Waals surface area contributed by atoms with Crippen LogP contribution < -0.4 is 10.5 Å². The molecule has 0 amide bonds. The average Bonchev–Trinajstić information content (AvgIpc) is 2.54. The van der Waals surface area contributed by atoms with Crippen LogP contribution in [0.4, 0.5) is 0 Å². The molecule has 0 heterocycles. The first-order valence-corrected chi connectivity index (χ1v) is 7.22. The van der Waals surface area contributed by atoms with E-state index in [4.69, 9.17) is 22.1 Å². The molecule has 3 N–H and O–H groups in total. The second-order valence-electron chi connectivity index (χ2n) is 5.14. The first kappa shape index (κ1) is 15.8. The van der Waals surface area contributed by atoms with Gasteiger partial charge in [-0.15, -0.1) is 0 Å². The topological polar surface area (TPSA) is 55.5 Å². The summed E-state index contributed by atoms with van der Waals surface area (Å²) in [5.41, 5.74) is 7.40. The van der Waals surface area contributed by atoms with E-state index in [1.807, 2.05) is 42.5 Å². The van der Waals surface area contributed by atoms with Gasteiger partial charge >= 0.3 is 0 Å². The molecule has 0 aromatic heterocycles. The number of hydrogen-bond acceptors (Lipinski definition) is 3. The lowest BCUT2D eigenvalue weighted by Gasteiger charge is -2.32. The van der Waals surface area contributed by atoms with Crippen LogP contribution in [-0.4, -0.2) is 25.4 Å². The summed E-state index contributed by atoms with van der Waals surface area (Å²) in [6.07, 6.45) is 0.563. The minimum absolute atomic E-state index is 0.0385. The molecule has 0 bridgehead atoms. The molecule has 0 fully saturated rings. The van der Waals surface area contributed by atoms with Gasteiger partial charge < -0.3 is 15.6 Å². The second kappa shape index (κ2) is 6.94. The summed E-state index contributed by atoms with van der Waals surface area (Å²) in [5, 5.41) is 10.6. The number of methoxy groups -OCH3 is 1. The number of halogens is 1. The molecular formula is C17H20ClNO2. The van der Waals surface area contributed by atoms with Gasteiger partial charge in [-0.25, -0.2) is 0 Å². The molecule has 0 saturated heterocycles. The fourth-order valence-electron chi connectivity index (χ4n) is 2.55. The molecule has 0 spiro atoms. The van der Waals surface area contributed by atoms with E-state index in [1.165, 1.54) is 0 Å². The van der Waals surface area contributed by atoms with Crippen LogP contribution in [-0.2, 0) is 11.8 Å². The van der Waals surface area contributed by atoms with E-state index in [0.717, 1.165) is 16.9 Å². The quantitative estimate of drug-likeness (QED) is 0.863. The van der Waals surface area contributed by atoms with Crippen LogP contribution in [0.2, 0.25) is 5.02 Å². The van der Waals surface area contributed by atoms with Crippen molar-refractivity contribution in [2.75, 3.05) is 20.3 Å². The Morgan fingerprint density at radius 1 is 1.19 bits per heavy atom. The van der Waals surface area contributed by atoms with Gasteiger partial charge in [0, 0.05) is 17.0 Å². The van der Waals surface area contributed by atoms with Crippen molar-refractivity contribution in [2.24, 2.45) is 5.73 Å². The molecule has 4 heteroatoms. The Balaban J connectivity index is 2.44. The summed E-state index contributed by atoms with van der Waals surface area (Å²) in [6.45, 7) is 0.298. The largest absolute Gasteiger partial charge is 0.496 e. The molecule has 0 aliphatic carbocycles. The maximum absolute atomic E-state index is 9.97. The smallest absolute Gasteiger partial charge is 0.122 e. The highest BCUT2D eigenvalue weighted by Gasteiger charge is 2.31. The molecular weight excluding hydrogens is 286 g/mol. The number of aliphatic hydroxyl groups excluding tert-OH is 1. The van der Waals surface area contributed by atoms with E-state index in [2.05, 4.69) is 0 Å². The average molecular weight is 306 g/mol. The van der Waals surface area contributed by atoms with Gasteiger partial charge in [-0.2, -0.15) is 0 Å². The highest BCUT2D eigenvalue weighted by atomic mass is 35.5. The zero-order valence-electron chi connectivity index (χ0n) is 12.1. The maximum atomic E-state index is 9.97. The number of rotatable bonds is 6. The van der Waals surface area contributed by atoms with Gasteiger partial charge in [0.2, 0.25) is 0 Å². The van der Waals surface area contributed by atoms with Crippen molar-refractivity contribution in [3.05, 3.63) is 64.7 Å². The Morgan fingerprint density at radius 2 is 1.90 bits per heavy atom. The summed E-state index contributed by atoms with van der Waals surface area (Å²) in [5.74, 6) is 0.751. The minimum Gasteiger partial charge on any atom is -0.496 e. The van der Waals surface area contributed by atoms with Crippen molar-refractivity contribution in [1.29, 1.82) is 0 Å². The fraction of sp³-hybridized carbons (Fsp3) is 0.294. The molecule has 112 valence electrons. The van der Waals surface area contributed by atoms with Crippen LogP contribution in [0.1, 0.15) is 11.1 Å². The van der Waals surface area contributed by atoms with E-state index >= 15 is 0 Å². The lowest BCUT2D eigenvalue weighted by atomic mass is 9.76. The molecule has 0 aliphatic rings. The van der Waals surface area contributed by atoms with Crippen molar-refractivity contribution >= 4 is 11.6 Å². The van der Waals surface area contributed by atoms with Crippen molar-refractivity contribution < 1.29 is 9.84 Å². The van der Waals surface area contributed by atoms with Gasteiger partial charge in [0.05, 0.1) is 13.7 Å². The van der Waals surface area contributed by atoms with Gasteiger partial charge in [-0.05, 0) is 35.7 Å². The third-order valence-corrected chi connectivity index (χ3v) is 4.09. The molecule has 2 rings (SSSR count). The first-order valence-electron chi connectivity index (χ1n) is 6.84. The lowest BCUT2D eigenvalue weighted by Crippen LogP contribution is -2.41. The van der Waals surface area contributed by atoms with Gasteiger partial charge in [-0.1, -0.05) is 41.9 Å². The predicted octanol–water partition coefficient (Wildman–Crippen LogP) is 2.78. The number of ether oxygens (including phenoxy) is 1. The normalized spacial score (nSPS) is 13.7. The number of hydrogen-bond donors (Lipinski definition) is 2.